The molecule has 0 fully saturated rings. The molecule has 7 nitrogen and oxygen atoms in total. The van der Waals surface area contributed by atoms with Crippen LogP contribution in [0.1, 0.15) is 19.8 Å². The lowest BCUT2D eigenvalue weighted by Gasteiger charge is -2.32. The van der Waals surface area contributed by atoms with E-state index in [1.54, 1.807) is 26.6 Å². The van der Waals surface area contributed by atoms with Gasteiger partial charge in [0.1, 0.15) is 13.0 Å². The van der Waals surface area contributed by atoms with Crippen LogP contribution in [0.15, 0.2) is 27.7 Å². The number of anilines is 1. The molecule has 0 bridgehead atoms. The monoisotopic (exact) mass is 477 g/mol. The van der Waals surface area contributed by atoms with Crippen molar-refractivity contribution in [2.24, 2.45) is 11.0 Å². The van der Waals surface area contributed by atoms with Crippen LogP contribution in [0.2, 0.25) is 5.28 Å². The van der Waals surface area contributed by atoms with Crippen molar-refractivity contribution in [3.05, 3.63) is 27.8 Å². The second-order valence-electron chi connectivity index (χ2n) is 7.04. The van der Waals surface area contributed by atoms with Crippen molar-refractivity contribution in [3.63, 3.8) is 0 Å². The molecule has 2 heterocycles. The molecule has 1 aliphatic rings. The Kier molecular flexibility index (Phi) is 7.72. The number of nitrogens with one attached hydrogen (secondary N) is 1. The average molecular weight is 479 g/mol. The van der Waals surface area contributed by atoms with Gasteiger partial charge in [-0.2, -0.15) is 4.98 Å². The first-order valence-electron chi connectivity index (χ1n) is 8.62. The Hall–Kier alpha value is -1.11. The Bertz CT molecular complexity index is 770. The maximum absolute atomic E-state index is 12.0. The van der Waals surface area contributed by atoms with E-state index in [-0.39, 0.29) is 23.3 Å². The molecule has 0 saturated heterocycles. The predicted molar refractivity (Wildman–Crippen MR) is 115 cm³/mol. The number of ether oxygens (including phenoxy) is 1. The molecule has 150 valence electrons. The van der Waals surface area contributed by atoms with Crippen molar-refractivity contribution in [3.8, 4) is 0 Å². The zero-order valence-corrected chi connectivity index (χ0v) is 19.4. The molecule has 1 aromatic rings. The van der Waals surface area contributed by atoms with E-state index in [1.807, 2.05) is 23.9 Å². The summed E-state index contributed by atoms with van der Waals surface area (Å²) in [6.07, 6.45) is 4.95. The number of nitrogens with zero attached hydrogens (tertiary/aromatic N) is 4. The van der Waals surface area contributed by atoms with Crippen molar-refractivity contribution in [1.29, 1.82) is 0 Å². The van der Waals surface area contributed by atoms with Crippen molar-refractivity contribution < 1.29 is 9.30 Å². The van der Waals surface area contributed by atoms with Crippen LogP contribution in [0, 0.1) is 5.92 Å². The summed E-state index contributed by atoms with van der Waals surface area (Å²) in [4.78, 5) is 8.24. The largest absolute Gasteiger partial charge is 0.483 e. The average Bonchev–Trinajstić information content (AvgIpc) is 2.68. The third-order valence-corrected chi connectivity index (χ3v) is 6.19. The van der Waals surface area contributed by atoms with Gasteiger partial charge in [0.2, 0.25) is 11.2 Å². The van der Waals surface area contributed by atoms with E-state index in [2.05, 4.69) is 43.2 Å². The van der Waals surface area contributed by atoms with E-state index in [9.17, 15) is 4.57 Å². The minimum Gasteiger partial charge on any atom is -0.483 e. The molecule has 0 aromatic carbocycles. The Morgan fingerprint density at radius 2 is 2.22 bits per heavy atom. The van der Waals surface area contributed by atoms with Crippen LogP contribution in [-0.2, 0) is 9.30 Å². The van der Waals surface area contributed by atoms with E-state index in [0.29, 0.717) is 18.1 Å². The predicted octanol–water partition coefficient (Wildman–Crippen LogP) is 4.50. The first kappa shape index (κ1) is 22.2. The smallest absolute Gasteiger partial charge is 0.224 e. The van der Waals surface area contributed by atoms with Crippen LogP contribution in [0.5, 0.6) is 0 Å². The van der Waals surface area contributed by atoms with Gasteiger partial charge in [0, 0.05) is 25.7 Å². The second kappa shape index (κ2) is 9.39. The molecule has 10 heteroatoms. The van der Waals surface area contributed by atoms with Gasteiger partial charge in [-0.1, -0.05) is 13.0 Å². The summed E-state index contributed by atoms with van der Waals surface area (Å²) in [5, 5.41) is 10.1. The SMILES string of the molecule is COC1=NN(C)[C@H](C/C=C/P(C)(C)=O)[C@H](C)C(Nc2nc(Cl)ncc2Br)C1. The molecule has 1 N–H and O–H groups in total. The fourth-order valence-corrected chi connectivity index (χ4v) is 4.09. The Morgan fingerprint density at radius 3 is 2.85 bits per heavy atom. The molecule has 0 amide bonds. The van der Waals surface area contributed by atoms with E-state index >= 15 is 0 Å². The molecule has 0 saturated carbocycles. The molecule has 3 atom stereocenters. The van der Waals surface area contributed by atoms with Crippen LogP contribution in [0.4, 0.5) is 5.82 Å². The van der Waals surface area contributed by atoms with Crippen LogP contribution in [0.25, 0.3) is 0 Å². The van der Waals surface area contributed by atoms with Crippen molar-refractivity contribution >= 4 is 46.4 Å². The Labute approximate surface area is 174 Å². The van der Waals surface area contributed by atoms with Crippen LogP contribution < -0.4 is 5.32 Å². The summed E-state index contributed by atoms with van der Waals surface area (Å²) in [5.74, 6) is 3.28. The summed E-state index contributed by atoms with van der Waals surface area (Å²) in [6, 6.07) is 0.124. The van der Waals surface area contributed by atoms with E-state index in [1.165, 1.54) is 0 Å². The summed E-state index contributed by atoms with van der Waals surface area (Å²) in [5.41, 5.74) is 0. The number of methoxy groups -OCH3 is 1. The van der Waals surface area contributed by atoms with Gasteiger partial charge in [0.25, 0.3) is 0 Å². The van der Waals surface area contributed by atoms with E-state index < -0.39 is 7.14 Å². The van der Waals surface area contributed by atoms with Gasteiger partial charge in [-0.3, -0.25) is 5.01 Å². The molecule has 1 aliphatic heterocycles. The highest BCUT2D eigenvalue weighted by molar-refractivity contribution is 9.10. The first-order chi connectivity index (χ1) is 12.6. The molecular formula is C17H26BrClN5O2P. The van der Waals surface area contributed by atoms with Gasteiger partial charge in [-0.05, 0) is 59.0 Å². The third-order valence-electron chi connectivity index (χ3n) is 4.50. The molecule has 0 aliphatic carbocycles. The second-order valence-corrected chi connectivity index (χ2v) is 11.4. The topological polar surface area (TPSA) is 79.7 Å². The summed E-state index contributed by atoms with van der Waals surface area (Å²) < 4.78 is 18.2. The first-order valence-corrected chi connectivity index (χ1v) is 12.5. The van der Waals surface area contributed by atoms with Gasteiger partial charge in [0.15, 0.2) is 0 Å². The van der Waals surface area contributed by atoms with Gasteiger partial charge >= 0.3 is 0 Å². The van der Waals surface area contributed by atoms with Gasteiger partial charge in [-0.25, -0.2) is 4.98 Å². The van der Waals surface area contributed by atoms with Crippen LogP contribution in [-0.4, -0.2) is 60.4 Å². The van der Waals surface area contributed by atoms with E-state index in [0.717, 1.165) is 10.9 Å². The summed E-state index contributed by atoms with van der Waals surface area (Å²) in [7, 11) is 1.36. The highest BCUT2D eigenvalue weighted by atomic mass is 79.9. The lowest BCUT2D eigenvalue weighted by molar-refractivity contribution is 0.186. The van der Waals surface area contributed by atoms with Crippen LogP contribution >= 0.6 is 34.7 Å². The minimum absolute atomic E-state index is 0.0179. The number of rotatable bonds is 5. The standard InChI is InChI=1S/C17H26BrClN5O2P/c1-11-13(21-16-12(18)10-20-17(19)22-16)9-15(26-3)23-24(2)14(11)7-6-8-27(4,5)25/h6,8,10-11,13-14H,7,9H2,1-5H3,(H,20,21,22)/b8-6+/t11-,13?,14-/m1/s1. The lowest BCUT2D eigenvalue weighted by Crippen LogP contribution is -2.40. The zero-order chi connectivity index (χ0) is 20.2. The quantitative estimate of drug-likeness (QED) is 0.496. The maximum Gasteiger partial charge on any atom is 0.224 e. The molecule has 1 unspecified atom stereocenters. The maximum atomic E-state index is 12.0. The normalized spacial score (nSPS) is 23.9. The summed E-state index contributed by atoms with van der Waals surface area (Å²) >= 11 is 9.41. The van der Waals surface area contributed by atoms with Gasteiger partial charge < -0.3 is 14.6 Å². The number of aromatic nitrogens is 2. The lowest BCUT2D eigenvalue weighted by atomic mass is 9.89. The molecule has 2 rings (SSSR count). The highest BCUT2D eigenvalue weighted by Crippen LogP contribution is 2.38. The summed E-state index contributed by atoms with van der Waals surface area (Å²) in [6.45, 7) is 5.67. The number of halogens is 2. The number of hydrogen-bond acceptors (Lipinski definition) is 7. The molecule has 0 spiro atoms. The zero-order valence-electron chi connectivity index (χ0n) is 16.2. The fraction of sp³-hybridized carbons (Fsp3) is 0.588. The number of hydrogen-bond donors (Lipinski definition) is 1. The Morgan fingerprint density at radius 1 is 1.52 bits per heavy atom. The fourth-order valence-electron chi connectivity index (χ4n) is 3.02. The van der Waals surface area contributed by atoms with Crippen LogP contribution in [0.3, 0.4) is 0 Å². The Balaban J connectivity index is 2.27. The molecule has 27 heavy (non-hydrogen) atoms. The van der Waals surface area contributed by atoms with E-state index in [4.69, 9.17) is 16.3 Å². The van der Waals surface area contributed by atoms with Crippen molar-refractivity contribution in [2.75, 3.05) is 32.8 Å². The molecule has 1 aromatic heterocycles. The molecular weight excluding hydrogens is 453 g/mol. The number of hydrazone groups is 1. The van der Waals surface area contributed by atoms with Crippen molar-refractivity contribution in [2.45, 2.75) is 31.8 Å². The highest BCUT2D eigenvalue weighted by Gasteiger charge is 2.33. The molecule has 0 radical (unpaired) electrons. The third kappa shape index (κ3) is 6.47. The van der Waals surface area contributed by atoms with Crippen molar-refractivity contribution in [1.82, 2.24) is 15.0 Å². The minimum atomic E-state index is -2.20. The van der Waals surface area contributed by atoms with Gasteiger partial charge in [-0.15, -0.1) is 5.10 Å². The van der Waals surface area contributed by atoms with Gasteiger partial charge in [0.05, 0.1) is 17.6 Å².